The van der Waals surface area contributed by atoms with E-state index in [1.165, 1.54) is 12.3 Å². The van der Waals surface area contributed by atoms with Crippen LogP contribution in [0.4, 0.5) is 0 Å². The van der Waals surface area contributed by atoms with Crippen molar-refractivity contribution in [3.63, 3.8) is 0 Å². The number of imide groups is 1. The Morgan fingerprint density at radius 3 is 2.79 bits per heavy atom. The van der Waals surface area contributed by atoms with Gasteiger partial charge in [0.1, 0.15) is 0 Å². The van der Waals surface area contributed by atoms with E-state index >= 15 is 0 Å². The number of ether oxygens (including phenoxy) is 1. The van der Waals surface area contributed by atoms with E-state index in [4.69, 9.17) is 14.1 Å². The molecular weight excluding hydrogens is 372 g/mol. The molecule has 0 saturated carbocycles. The molecule has 7 heteroatoms. The number of hydrogen-bond donors (Lipinski definition) is 1. The lowest BCUT2D eigenvalue weighted by molar-refractivity contribution is -0.123. The number of benzene rings is 1. The molecule has 0 bridgehead atoms. The van der Waals surface area contributed by atoms with Crippen LogP contribution in [0.1, 0.15) is 50.6 Å². The summed E-state index contributed by atoms with van der Waals surface area (Å²) in [6.07, 6.45) is 4.91. The van der Waals surface area contributed by atoms with Crippen LogP contribution in [0.5, 0.6) is 0 Å². The predicted molar refractivity (Wildman–Crippen MR) is 105 cm³/mol. The molecule has 0 atom stereocenters. The number of nitrogens with one attached hydrogen (secondary N) is 1. The molecule has 0 aliphatic heterocycles. The lowest BCUT2D eigenvalue weighted by atomic mass is 9.89. The molecule has 1 aliphatic carbocycles. The molecular formula is C22H20N2O5. The van der Waals surface area contributed by atoms with Crippen LogP contribution in [0.2, 0.25) is 0 Å². The Morgan fingerprint density at radius 1 is 1.17 bits per heavy atom. The van der Waals surface area contributed by atoms with Gasteiger partial charge < -0.3 is 9.15 Å². The Bertz CT molecular complexity index is 1100. The minimum absolute atomic E-state index is 0.00866. The van der Waals surface area contributed by atoms with Gasteiger partial charge >= 0.3 is 5.97 Å². The van der Waals surface area contributed by atoms with Crippen LogP contribution in [-0.2, 0) is 22.4 Å². The van der Waals surface area contributed by atoms with Gasteiger partial charge in [-0.15, -0.1) is 0 Å². The lowest BCUT2D eigenvalue weighted by Gasteiger charge is -2.20. The molecule has 1 aliphatic rings. The molecule has 29 heavy (non-hydrogen) atoms. The zero-order chi connectivity index (χ0) is 20.4. The monoisotopic (exact) mass is 392 g/mol. The first kappa shape index (κ1) is 18.9. The number of rotatable bonds is 4. The third-order valence-corrected chi connectivity index (χ3v) is 4.95. The minimum Gasteiger partial charge on any atom is -0.459 e. The molecule has 2 aromatic heterocycles. The summed E-state index contributed by atoms with van der Waals surface area (Å²) in [5.41, 5.74) is 4.02. The highest BCUT2D eigenvalue weighted by Crippen LogP contribution is 2.30. The lowest BCUT2D eigenvalue weighted by Crippen LogP contribution is -2.34. The average molecular weight is 392 g/mol. The first-order valence-corrected chi connectivity index (χ1v) is 9.50. The van der Waals surface area contributed by atoms with Crippen LogP contribution in [0.3, 0.4) is 0 Å². The maximum absolute atomic E-state index is 12.9. The number of aryl methyl sites for hydroxylation is 2. The van der Waals surface area contributed by atoms with E-state index in [-0.39, 0.29) is 5.76 Å². The smallest absolute Gasteiger partial charge is 0.339 e. The molecule has 4 rings (SSSR count). The van der Waals surface area contributed by atoms with Gasteiger partial charge in [-0.3, -0.25) is 19.9 Å². The van der Waals surface area contributed by atoms with E-state index in [2.05, 4.69) is 5.32 Å². The molecule has 1 aromatic carbocycles. The highest BCUT2D eigenvalue weighted by atomic mass is 16.5. The van der Waals surface area contributed by atoms with Gasteiger partial charge in [-0.2, -0.15) is 0 Å². The van der Waals surface area contributed by atoms with Gasteiger partial charge in [0.05, 0.1) is 17.3 Å². The largest absolute Gasteiger partial charge is 0.459 e. The Hall–Kier alpha value is -3.48. The van der Waals surface area contributed by atoms with Crippen molar-refractivity contribution in [3.8, 4) is 0 Å². The standard InChI is InChI=1S/C22H20N2O5/c1-13-8-9-17-15(11-13)20(14-5-2-3-6-16(14)23-17)22(27)29-12-19(25)24-21(26)18-7-4-10-28-18/h4,7-11H,2-3,5-6,12H2,1H3,(H,24,25,26). The number of carbonyl (C=O) groups is 3. The van der Waals surface area contributed by atoms with Crippen molar-refractivity contribution in [1.82, 2.24) is 10.3 Å². The number of carbonyl (C=O) groups excluding carboxylic acids is 3. The second kappa shape index (κ2) is 7.87. The molecule has 7 nitrogen and oxygen atoms in total. The Labute approximate surface area is 167 Å². The summed E-state index contributed by atoms with van der Waals surface area (Å²) in [6.45, 7) is 1.39. The third-order valence-electron chi connectivity index (χ3n) is 4.95. The van der Waals surface area contributed by atoms with Gasteiger partial charge in [0.2, 0.25) is 0 Å². The maximum Gasteiger partial charge on any atom is 0.339 e. The van der Waals surface area contributed by atoms with Crippen molar-refractivity contribution >= 4 is 28.7 Å². The summed E-state index contributed by atoms with van der Waals surface area (Å²) < 4.78 is 10.2. The Balaban J connectivity index is 1.55. The van der Waals surface area contributed by atoms with Crippen LogP contribution in [0.25, 0.3) is 10.9 Å². The third kappa shape index (κ3) is 3.89. The number of fused-ring (bicyclic) bond motifs is 2. The van der Waals surface area contributed by atoms with E-state index < -0.39 is 24.4 Å². The summed E-state index contributed by atoms with van der Waals surface area (Å²) in [4.78, 5) is 41.5. The second-order valence-electron chi connectivity index (χ2n) is 7.07. The van der Waals surface area contributed by atoms with E-state index in [9.17, 15) is 14.4 Å². The number of furan rings is 1. The number of esters is 1. The number of amides is 2. The summed E-state index contributed by atoms with van der Waals surface area (Å²) in [7, 11) is 0. The quantitative estimate of drug-likeness (QED) is 0.685. The highest BCUT2D eigenvalue weighted by molar-refractivity contribution is 6.07. The van der Waals surface area contributed by atoms with Gasteiger partial charge in [-0.25, -0.2) is 4.79 Å². The van der Waals surface area contributed by atoms with Crippen LogP contribution < -0.4 is 5.32 Å². The number of pyridine rings is 1. The molecule has 0 fully saturated rings. The van der Waals surface area contributed by atoms with E-state index in [0.29, 0.717) is 5.56 Å². The zero-order valence-corrected chi connectivity index (χ0v) is 16.0. The fourth-order valence-corrected chi connectivity index (χ4v) is 3.61. The average Bonchev–Trinajstić information content (AvgIpc) is 3.25. The highest BCUT2D eigenvalue weighted by Gasteiger charge is 2.24. The second-order valence-corrected chi connectivity index (χ2v) is 7.07. The van der Waals surface area contributed by atoms with Crippen molar-refractivity contribution < 1.29 is 23.5 Å². The molecule has 2 heterocycles. The predicted octanol–water partition coefficient (Wildman–Crippen LogP) is 3.13. The van der Waals surface area contributed by atoms with Crippen LogP contribution in [0, 0.1) is 6.92 Å². The van der Waals surface area contributed by atoms with Gasteiger partial charge in [-0.05, 0) is 62.4 Å². The van der Waals surface area contributed by atoms with Crippen molar-refractivity contribution in [2.45, 2.75) is 32.6 Å². The molecule has 0 unspecified atom stereocenters. The zero-order valence-electron chi connectivity index (χ0n) is 16.0. The molecule has 148 valence electrons. The minimum atomic E-state index is -0.719. The molecule has 0 radical (unpaired) electrons. The fourth-order valence-electron chi connectivity index (χ4n) is 3.61. The molecule has 0 spiro atoms. The van der Waals surface area contributed by atoms with Gasteiger partial charge in [0, 0.05) is 11.1 Å². The Morgan fingerprint density at radius 2 is 2.00 bits per heavy atom. The summed E-state index contributed by atoms with van der Waals surface area (Å²) in [6, 6.07) is 8.73. The van der Waals surface area contributed by atoms with Gasteiger partial charge in [0.15, 0.2) is 12.4 Å². The topological polar surface area (TPSA) is 98.5 Å². The fraction of sp³-hybridized carbons (Fsp3) is 0.273. The normalized spacial score (nSPS) is 13.0. The molecule has 1 N–H and O–H groups in total. The van der Waals surface area contributed by atoms with Crippen molar-refractivity contribution in [2.75, 3.05) is 6.61 Å². The summed E-state index contributed by atoms with van der Waals surface area (Å²) in [5.74, 6) is -1.97. The molecule has 3 aromatic rings. The van der Waals surface area contributed by atoms with Gasteiger partial charge in [-0.1, -0.05) is 11.6 Å². The van der Waals surface area contributed by atoms with Crippen LogP contribution >= 0.6 is 0 Å². The van der Waals surface area contributed by atoms with E-state index in [1.807, 2.05) is 25.1 Å². The van der Waals surface area contributed by atoms with Crippen molar-refractivity contribution in [3.05, 3.63) is 64.7 Å². The number of aromatic nitrogens is 1. The summed E-state index contributed by atoms with van der Waals surface area (Å²) >= 11 is 0. The molecule has 2 amide bonds. The van der Waals surface area contributed by atoms with Crippen LogP contribution in [-0.4, -0.2) is 29.4 Å². The van der Waals surface area contributed by atoms with Gasteiger partial charge in [0.25, 0.3) is 11.8 Å². The van der Waals surface area contributed by atoms with E-state index in [1.54, 1.807) is 6.07 Å². The molecule has 0 saturated heterocycles. The van der Waals surface area contributed by atoms with Crippen molar-refractivity contribution in [1.29, 1.82) is 0 Å². The van der Waals surface area contributed by atoms with Crippen molar-refractivity contribution in [2.24, 2.45) is 0 Å². The maximum atomic E-state index is 12.9. The first-order chi connectivity index (χ1) is 14.0. The summed E-state index contributed by atoms with van der Waals surface area (Å²) in [5, 5.41) is 2.86. The number of nitrogens with zero attached hydrogens (tertiary/aromatic N) is 1. The van der Waals surface area contributed by atoms with E-state index in [0.717, 1.165) is 53.4 Å². The van der Waals surface area contributed by atoms with Crippen LogP contribution in [0.15, 0.2) is 41.0 Å². The Kier molecular flexibility index (Phi) is 5.12. The SMILES string of the molecule is Cc1ccc2nc3c(c(C(=O)OCC(=O)NC(=O)c4ccco4)c2c1)CCCC3. The first-order valence-electron chi connectivity index (χ1n) is 9.50. The number of hydrogen-bond acceptors (Lipinski definition) is 6.